The number of carbonyl (C=O) groups excluding carboxylic acids is 2. The standard InChI is InChI=1S/C22H27BN2O4/c1-14(26)20-6-4-5-16-10-19(23(28)29-22(16)20)11-21(27)15-7-8-17(12-24-2)18(9-15)13-25-3/h4-9,19,24-25,28H,10-13H2,1-3H3/t19-/m1/s1. The minimum absolute atomic E-state index is 0.0304. The molecule has 1 heterocycles. The fraction of sp³-hybridized carbons (Fsp3) is 0.364. The van der Waals surface area contributed by atoms with E-state index >= 15 is 0 Å². The van der Waals surface area contributed by atoms with Crippen LogP contribution in [0.4, 0.5) is 0 Å². The summed E-state index contributed by atoms with van der Waals surface area (Å²) in [6.07, 6.45) is 0.667. The third-order valence-electron chi connectivity index (χ3n) is 5.31. The van der Waals surface area contributed by atoms with Crippen molar-refractivity contribution in [2.24, 2.45) is 0 Å². The van der Waals surface area contributed by atoms with Crippen LogP contribution in [-0.4, -0.2) is 37.8 Å². The summed E-state index contributed by atoms with van der Waals surface area (Å²) in [6, 6.07) is 11.1. The summed E-state index contributed by atoms with van der Waals surface area (Å²) in [7, 11) is 2.65. The molecule has 1 atom stereocenters. The Hall–Kier alpha value is -2.48. The van der Waals surface area contributed by atoms with E-state index in [1.165, 1.54) is 6.92 Å². The number of carbonyl (C=O) groups is 2. The molecule has 0 saturated carbocycles. The van der Waals surface area contributed by atoms with Crippen molar-refractivity contribution in [1.82, 2.24) is 10.6 Å². The van der Waals surface area contributed by atoms with Gasteiger partial charge in [-0.3, -0.25) is 9.59 Å². The van der Waals surface area contributed by atoms with E-state index in [1.54, 1.807) is 12.1 Å². The topological polar surface area (TPSA) is 87.7 Å². The predicted octanol–water partition coefficient (Wildman–Crippen LogP) is 2.39. The fourth-order valence-electron chi connectivity index (χ4n) is 3.81. The maximum absolute atomic E-state index is 12.9. The lowest BCUT2D eigenvalue weighted by Crippen LogP contribution is -2.35. The molecule has 29 heavy (non-hydrogen) atoms. The van der Waals surface area contributed by atoms with Crippen LogP contribution in [0.1, 0.15) is 50.8 Å². The average Bonchev–Trinajstić information content (AvgIpc) is 2.69. The highest BCUT2D eigenvalue weighted by Crippen LogP contribution is 2.36. The summed E-state index contributed by atoms with van der Waals surface area (Å²) in [5.74, 6) is -0.0645. The molecule has 6 nitrogen and oxygen atoms in total. The van der Waals surface area contributed by atoms with E-state index in [0.29, 0.717) is 29.8 Å². The summed E-state index contributed by atoms with van der Waals surface area (Å²) >= 11 is 0. The highest BCUT2D eigenvalue weighted by Gasteiger charge is 2.37. The molecular weight excluding hydrogens is 367 g/mol. The minimum atomic E-state index is -1.12. The maximum atomic E-state index is 12.9. The Labute approximate surface area is 171 Å². The van der Waals surface area contributed by atoms with Gasteiger partial charge in [0.25, 0.3) is 0 Å². The first-order valence-electron chi connectivity index (χ1n) is 9.86. The monoisotopic (exact) mass is 394 g/mol. The van der Waals surface area contributed by atoms with Crippen molar-refractivity contribution in [2.45, 2.75) is 38.7 Å². The van der Waals surface area contributed by atoms with Crippen LogP contribution in [0.15, 0.2) is 36.4 Å². The molecule has 1 aliphatic heterocycles. The number of hydrogen-bond acceptors (Lipinski definition) is 6. The highest BCUT2D eigenvalue weighted by atomic mass is 16.5. The maximum Gasteiger partial charge on any atom is 0.526 e. The van der Waals surface area contributed by atoms with Gasteiger partial charge in [0.1, 0.15) is 5.75 Å². The van der Waals surface area contributed by atoms with Gasteiger partial charge in [0.2, 0.25) is 0 Å². The van der Waals surface area contributed by atoms with E-state index in [9.17, 15) is 14.6 Å². The molecule has 0 aliphatic carbocycles. The number of para-hydroxylation sites is 1. The SMILES string of the molecule is CNCc1ccc(C(=O)C[C@H]2Cc3cccc(C(C)=O)c3OB2O)cc1CNC. The number of fused-ring (bicyclic) bond motifs is 1. The molecule has 152 valence electrons. The Morgan fingerprint density at radius 2 is 1.86 bits per heavy atom. The number of ketones is 2. The third kappa shape index (κ3) is 4.75. The van der Waals surface area contributed by atoms with Crippen molar-refractivity contribution in [1.29, 1.82) is 0 Å². The van der Waals surface area contributed by atoms with E-state index in [2.05, 4.69) is 10.6 Å². The summed E-state index contributed by atoms with van der Waals surface area (Å²) in [6.45, 7) is 2.88. The fourth-order valence-corrected chi connectivity index (χ4v) is 3.81. The Kier molecular flexibility index (Phi) is 6.85. The Balaban J connectivity index is 1.78. The normalized spacial score (nSPS) is 15.6. The van der Waals surface area contributed by atoms with E-state index in [-0.39, 0.29) is 23.8 Å². The molecule has 0 amide bonds. The van der Waals surface area contributed by atoms with Crippen molar-refractivity contribution in [2.75, 3.05) is 14.1 Å². The van der Waals surface area contributed by atoms with Gasteiger partial charge in [-0.2, -0.15) is 0 Å². The van der Waals surface area contributed by atoms with Crippen LogP contribution in [0.25, 0.3) is 0 Å². The van der Waals surface area contributed by atoms with Gasteiger partial charge in [0.15, 0.2) is 11.6 Å². The molecule has 0 saturated heterocycles. The molecule has 1 aliphatic rings. The number of rotatable bonds is 8. The first-order chi connectivity index (χ1) is 13.9. The number of nitrogens with one attached hydrogen (secondary N) is 2. The molecule has 3 N–H and O–H groups in total. The molecule has 7 heteroatoms. The highest BCUT2D eigenvalue weighted by molar-refractivity contribution is 6.47. The van der Waals surface area contributed by atoms with Crippen LogP contribution in [-0.2, 0) is 19.5 Å². The van der Waals surface area contributed by atoms with Crippen molar-refractivity contribution >= 4 is 18.7 Å². The second-order valence-corrected chi connectivity index (χ2v) is 7.49. The largest absolute Gasteiger partial charge is 0.535 e. The summed E-state index contributed by atoms with van der Waals surface area (Å²) in [5.41, 5.74) is 4.16. The van der Waals surface area contributed by atoms with Crippen LogP contribution >= 0.6 is 0 Å². The lowest BCUT2D eigenvalue weighted by Gasteiger charge is -2.28. The molecule has 0 fully saturated rings. The molecule has 0 spiro atoms. The van der Waals surface area contributed by atoms with Gasteiger partial charge in [-0.1, -0.05) is 24.3 Å². The second-order valence-electron chi connectivity index (χ2n) is 7.49. The van der Waals surface area contributed by atoms with Crippen LogP contribution in [0.5, 0.6) is 5.75 Å². The summed E-state index contributed by atoms with van der Waals surface area (Å²) in [5, 5.41) is 16.7. The first kappa shape index (κ1) is 21.2. The van der Waals surface area contributed by atoms with Gasteiger partial charge in [-0.15, -0.1) is 0 Å². The van der Waals surface area contributed by atoms with Crippen molar-refractivity contribution in [3.8, 4) is 5.75 Å². The van der Waals surface area contributed by atoms with Crippen LogP contribution < -0.4 is 15.3 Å². The molecule has 2 aromatic rings. The Bertz CT molecular complexity index is 916. The van der Waals surface area contributed by atoms with Crippen LogP contribution in [0.3, 0.4) is 0 Å². The molecule has 0 radical (unpaired) electrons. The second kappa shape index (κ2) is 9.35. The quantitative estimate of drug-likeness (QED) is 0.471. The molecule has 0 unspecified atom stereocenters. The number of Topliss-reactive ketones (excluding diaryl/α,β-unsaturated/α-hetero) is 2. The number of hydrogen-bond donors (Lipinski definition) is 3. The molecular formula is C22H27BN2O4. The lowest BCUT2D eigenvalue weighted by atomic mass is 9.64. The molecule has 3 rings (SSSR count). The van der Waals surface area contributed by atoms with E-state index in [0.717, 1.165) is 23.2 Å². The van der Waals surface area contributed by atoms with Gasteiger partial charge < -0.3 is 20.3 Å². The summed E-state index contributed by atoms with van der Waals surface area (Å²) in [4.78, 5) is 24.7. The zero-order chi connectivity index (χ0) is 21.0. The zero-order valence-corrected chi connectivity index (χ0v) is 17.1. The number of benzene rings is 2. The van der Waals surface area contributed by atoms with E-state index < -0.39 is 7.12 Å². The summed E-state index contributed by atoms with van der Waals surface area (Å²) < 4.78 is 5.65. The predicted molar refractivity (Wildman–Crippen MR) is 113 cm³/mol. The first-order valence-corrected chi connectivity index (χ1v) is 9.86. The van der Waals surface area contributed by atoms with Gasteiger partial charge in [0, 0.05) is 30.9 Å². The van der Waals surface area contributed by atoms with Crippen LogP contribution in [0, 0.1) is 0 Å². The molecule has 2 aromatic carbocycles. The van der Waals surface area contributed by atoms with E-state index in [4.69, 9.17) is 4.65 Å². The van der Waals surface area contributed by atoms with Crippen LogP contribution in [0.2, 0.25) is 5.82 Å². The Morgan fingerprint density at radius 1 is 1.14 bits per heavy atom. The van der Waals surface area contributed by atoms with Gasteiger partial charge in [0.05, 0.1) is 5.56 Å². The van der Waals surface area contributed by atoms with Gasteiger partial charge >= 0.3 is 7.12 Å². The van der Waals surface area contributed by atoms with Gasteiger partial charge in [-0.25, -0.2) is 0 Å². The average molecular weight is 394 g/mol. The third-order valence-corrected chi connectivity index (χ3v) is 5.31. The smallest absolute Gasteiger partial charge is 0.526 e. The van der Waals surface area contributed by atoms with Gasteiger partial charge in [-0.05, 0) is 56.3 Å². The lowest BCUT2D eigenvalue weighted by molar-refractivity contribution is 0.0971. The van der Waals surface area contributed by atoms with Crippen molar-refractivity contribution in [3.05, 3.63) is 64.2 Å². The van der Waals surface area contributed by atoms with E-state index in [1.807, 2.05) is 38.4 Å². The molecule has 0 bridgehead atoms. The van der Waals surface area contributed by atoms with Crippen molar-refractivity contribution in [3.63, 3.8) is 0 Å². The zero-order valence-electron chi connectivity index (χ0n) is 17.1. The minimum Gasteiger partial charge on any atom is -0.535 e. The Morgan fingerprint density at radius 3 is 2.55 bits per heavy atom. The van der Waals surface area contributed by atoms with Crippen molar-refractivity contribution < 1.29 is 19.3 Å². The molecule has 0 aromatic heterocycles.